The van der Waals surface area contributed by atoms with E-state index < -0.39 is 5.92 Å². The van der Waals surface area contributed by atoms with Crippen LogP contribution in [0.1, 0.15) is 40.7 Å². The van der Waals surface area contributed by atoms with Crippen LogP contribution in [0.5, 0.6) is 5.75 Å². The van der Waals surface area contributed by atoms with Gasteiger partial charge < -0.3 is 9.47 Å². The molecule has 0 radical (unpaired) electrons. The van der Waals surface area contributed by atoms with E-state index in [0.717, 1.165) is 11.1 Å². The normalized spacial score (nSPS) is 12.0. The highest BCUT2D eigenvalue weighted by Crippen LogP contribution is 2.25. The lowest BCUT2D eigenvalue weighted by Gasteiger charge is -2.15. The van der Waals surface area contributed by atoms with Crippen molar-refractivity contribution < 1.29 is 19.1 Å². The van der Waals surface area contributed by atoms with Gasteiger partial charge in [-0.25, -0.2) is 4.98 Å². The molecule has 3 rings (SSSR count). The monoisotopic (exact) mass is 394 g/mol. The highest BCUT2D eigenvalue weighted by Gasteiger charge is 2.27. The van der Waals surface area contributed by atoms with Gasteiger partial charge in [0.05, 0.1) is 25.3 Å². The molecule has 0 N–H and O–H groups in total. The molecule has 0 unspecified atom stereocenters. The smallest absolute Gasteiger partial charge is 0.309 e. The van der Waals surface area contributed by atoms with Crippen LogP contribution in [0, 0.1) is 19.8 Å². The number of nitrogens with zero attached hydrogens (tertiary/aromatic N) is 2. The lowest BCUT2D eigenvalue weighted by atomic mass is 9.91. The fourth-order valence-corrected chi connectivity index (χ4v) is 3.59. The van der Waals surface area contributed by atoms with E-state index in [0.29, 0.717) is 35.8 Å². The molecule has 152 valence electrons. The maximum atomic E-state index is 13.2. The Balaban J connectivity index is 1.92. The van der Waals surface area contributed by atoms with E-state index in [9.17, 15) is 9.59 Å². The fourth-order valence-electron chi connectivity index (χ4n) is 3.59. The molecule has 0 aliphatic heterocycles. The SMILES string of the molecule is CCOc1cccn2c(C(=O)C[C@H](Cc3ccccc3C)C(=O)OC)c(C)nc12. The van der Waals surface area contributed by atoms with Crippen molar-refractivity contribution in [2.75, 3.05) is 13.7 Å². The molecule has 0 spiro atoms. The summed E-state index contributed by atoms with van der Waals surface area (Å²) in [6, 6.07) is 11.5. The first kappa shape index (κ1) is 20.6. The van der Waals surface area contributed by atoms with Crippen molar-refractivity contribution >= 4 is 17.4 Å². The zero-order chi connectivity index (χ0) is 21.0. The third-order valence-corrected chi connectivity index (χ3v) is 5.05. The number of hydrogen-bond acceptors (Lipinski definition) is 5. The van der Waals surface area contributed by atoms with Gasteiger partial charge in [-0.2, -0.15) is 0 Å². The number of aromatic nitrogens is 2. The number of hydrogen-bond donors (Lipinski definition) is 0. The molecule has 1 atom stereocenters. The number of rotatable bonds is 8. The maximum Gasteiger partial charge on any atom is 0.309 e. The number of carbonyl (C=O) groups excluding carboxylic acids is 2. The summed E-state index contributed by atoms with van der Waals surface area (Å²) in [4.78, 5) is 30.1. The van der Waals surface area contributed by atoms with Crippen LogP contribution in [0.25, 0.3) is 5.65 Å². The fraction of sp³-hybridized carbons (Fsp3) is 0.348. The van der Waals surface area contributed by atoms with E-state index in [4.69, 9.17) is 9.47 Å². The lowest BCUT2D eigenvalue weighted by Crippen LogP contribution is -2.23. The van der Waals surface area contributed by atoms with Crippen molar-refractivity contribution in [2.24, 2.45) is 5.92 Å². The molecule has 2 aromatic heterocycles. The van der Waals surface area contributed by atoms with Crippen LogP contribution in [0.2, 0.25) is 0 Å². The Morgan fingerprint density at radius 2 is 1.90 bits per heavy atom. The summed E-state index contributed by atoms with van der Waals surface area (Å²) in [7, 11) is 1.35. The van der Waals surface area contributed by atoms with Crippen LogP contribution in [0.3, 0.4) is 0 Å². The Hall–Kier alpha value is -3.15. The van der Waals surface area contributed by atoms with Crippen LogP contribution >= 0.6 is 0 Å². The predicted octanol–water partition coefficient (Wildman–Crippen LogP) is 3.95. The maximum absolute atomic E-state index is 13.2. The van der Waals surface area contributed by atoms with E-state index in [1.54, 1.807) is 17.5 Å². The van der Waals surface area contributed by atoms with Crippen molar-refractivity contribution in [2.45, 2.75) is 33.6 Å². The van der Waals surface area contributed by atoms with Crippen molar-refractivity contribution in [3.05, 3.63) is 65.1 Å². The summed E-state index contributed by atoms with van der Waals surface area (Å²) in [5.41, 5.74) is 3.80. The zero-order valence-corrected chi connectivity index (χ0v) is 17.3. The van der Waals surface area contributed by atoms with Crippen LogP contribution in [0.4, 0.5) is 0 Å². The van der Waals surface area contributed by atoms with Gasteiger partial charge in [0.2, 0.25) is 0 Å². The highest BCUT2D eigenvalue weighted by molar-refractivity contribution is 5.98. The van der Waals surface area contributed by atoms with E-state index in [1.165, 1.54) is 7.11 Å². The molecule has 6 nitrogen and oxygen atoms in total. The van der Waals surface area contributed by atoms with E-state index >= 15 is 0 Å². The molecule has 0 bridgehead atoms. The number of aryl methyl sites for hydroxylation is 2. The van der Waals surface area contributed by atoms with Crippen LogP contribution in [-0.4, -0.2) is 34.9 Å². The molecule has 2 heterocycles. The quantitative estimate of drug-likeness (QED) is 0.427. The molecule has 0 amide bonds. The van der Waals surface area contributed by atoms with Gasteiger partial charge in [0.15, 0.2) is 17.2 Å². The number of ether oxygens (including phenoxy) is 2. The number of imidazole rings is 1. The third-order valence-electron chi connectivity index (χ3n) is 5.05. The summed E-state index contributed by atoms with van der Waals surface area (Å²) in [6.07, 6.45) is 2.29. The summed E-state index contributed by atoms with van der Waals surface area (Å²) < 4.78 is 12.3. The van der Waals surface area contributed by atoms with Crippen LogP contribution in [-0.2, 0) is 16.0 Å². The number of Topliss-reactive ketones (excluding diaryl/α,β-unsaturated/α-hetero) is 1. The van der Waals surface area contributed by atoms with Gasteiger partial charge in [-0.3, -0.25) is 14.0 Å². The second kappa shape index (κ2) is 8.90. The summed E-state index contributed by atoms with van der Waals surface area (Å²) in [5, 5.41) is 0. The minimum atomic E-state index is -0.561. The number of esters is 1. The number of ketones is 1. The molecule has 0 aliphatic carbocycles. The second-order valence-corrected chi connectivity index (χ2v) is 7.02. The summed E-state index contributed by atoms with van der Waals surface area (Å²) in [5.74, 6) is -0.467. The van der Waals surface area contributed by atoms with Gasteiger partial charge in [-0.05, 0) is 50.5 Å². The summed E-state index contributed by atoms with van der Waals surface area (Å²) in [6.45, 7) is 6.20. The topological polar surface area (TPSA) is 69.9 Å². The molecular formula is C23H26N2O4. The van der Waals surface area contributed by atoms with Gasteiger partial charge in [-0.15, -0.1) is 0 Å². The number of methoxy groups -OCH3 is 1. The zero-order valence-electron chi connectivity index (χ0n) is 17.3. The van der Waals surface area contributed by atoms with Crippen LogP contribution in [0.15, 0.2) is 42.6 Å². The van der Waals surface area contributed by atoms with Gasteiger partial charge in [0, 0.05) is 12.6 Å². The minimum absolute atomic E-state index is 0.0501. The molecule has 1 aromatic carbocycles. The Morgan fingerprint density at radius 3 is 2.59 bits per heavy atom. The number of carbonyl (C=O) groups is 2. The predicted molar refractivity (Wildman–Crippen MR) is 110 cm³/mol. The molecule has 29 heavy (non-hydrogen) atoms. The van der Waals surface area contributed by atoms with Gasteiger partial charge in [0.25, 0.3) is 0 Å². The average Bonchev–Trinajstić information content (AvgIpc) is 3.05. The van der Waals surface area contributed by atoms with Crippen molar-refractivity contribution in [3.8, 4) is 5.75 Å². The number of fused-ring (bicyclic) bond motifs is 1. The molecule has 6 heteroatoms. The Kier molecular flexibility index (Phi) is 6.32. The molecular weight excluding hydrogens is 368 g/mol. The molecule has 0 saturated carbocycles. The van der Waals surface area contributed by atoms with Gasteiger partial charge in [0.1, 0.15) is 5.69 Å². The Labute approximate surface area is 170 Å². The van der Waals surface area contributed by atoms with E-state index in [2.05, 4.69) is 4.98 Å². The molecule has 0 aliphatic rings. The standard InChI is InChI=1S/C23H26N2O4/c1-5-29-20-11-8-12-25-21(16(3)24-22(20)25)19(26)14-18(23(27)28-4)13-17-10-7-6-9-15(17)2/h6-12,18H,5,13-14H2,1-4H3/t18-/m0/s1. The molecule has 0 fully saturated rings. The number of benzene rings is 1. The largest absolute Gasteiger partial charge is 0.490 e. The number of pyridine rings is 1. The van der Waals surface area contributed by atoms with E-state index in [1.807, 2.05) is 50.2 Å². The van der Waals surface area contributed by atoms with E-state index in [-0.39, 0.29) is 18.2 Å². The molecule has 3 aromatic rings. The Morgan fingerprint density at radius 1 is 1.14 bits per heavy atom. The van der Waals surface area contributed by atoms with Crippen LogP contribution < -0.4 is 4.74 Å². The highest BCUT2D eigenvalue weighted by atomic mass is 16.5. The van der Waals surface area contributed by atoms with Crippen molar-refractivity contribution in [1.29, 1.82) is 0 Å². The molecule has 0 saturated heterocycles. The Bertz CT molecular complexity index is 1040. The summed E-state index contributed by atoms with van der Waals surface area (Å²) >= 11 is 0. The first-order valence-electron chi connectivity index (χ1n) is 9.72. The lowest BCUT2D eigenvalue weighted by molar-refractivity contribution is -0.145. The van der Waals surface area contributed by atoms with Crippen molar-refractivity contribution in [1.82, 2.24) is 9.38 Å². The van der Waals surface area contributed by atoms with Crippen molar-refractivity contribution in [3.63, 3.8) is 0 Å². The second-order valence-electron chi connectivity index (χ2n) is 7.02. The van der Waals surface area contributed by atoms with Gasteiger partial charge in [-0.1, -0.05) is 24.3 Å². The average molecular weight is 394 g/mol. The first-order valence-corrected chi connectivity index (χ1v) is 9.72. The minimum Gasteiger partial charge on any atom is -0.490 e. The third kappa shape index (κ3) is 4.31. The first-order chi connectivity index (χ1) is 14.0. The van der Waals surface area contributed by atoms with Gasteiger partial charge >= 0.3 is 5.97 Å².